The second-order valence-corrected chi connectivity index (χ2v) is 9.52. The fourth-order valence-electron chi connectivity index (χ4n) is 2.35. The largest absolute Gasteiger partial charge is 0.356 e. The third-order valence-corrected chi connectivity index (χ3v) is 5.99. The van der Waals surface area contributed by atoms with Crippen LogP contribution in [-0.2, 0) is 22.8 Å². The van der Waals surface area contributed by atoms with E-state index in [9.17, 15) is 8.42 Å². The van der Waals surface area contributed by atoms with Crippen molar-refractivity contribution < 1.29 is 8.42 Å². The molecule has 25 heavy (non-hydrogen) atoms. The summed E-state index contributed by atoms with van der Waals surface area (Å²) in [7, 11) is 0.581. The van der Waals surface area contributed by atoms with Gasteiger partial charge in [-0.1, -0.05) is 23.7 Å². The summed E-state index contributed by atoms with van der Waals surface area (Å²) in [5.41, 5.74) is 1.07. The van der Waals surface area contributed by atoms with Gasteiger partial charge in [0.05, 0.1) is 15.8 Å². The molecule has 8 heteroatoms. The van der Waals surface area contributed by atoms with Crippen LogP contribution in [0.4, 0.5) is 0 Å². The Bertz CT molecular complexity index is 830. The number of hydrogen-bond donors (Lipinski definition) is 1. The number of benzene rings is 1. The van der Waals surface area contributed by atoms with Gasteiger partial charge in [0.25, 0.3) is 0 Å². The third kappa shape index (κ3) is 6.02. The highest BCUT2D eigenvalue weighted by atomic mass is 35.5. The minimum atomic E-state index is -3.15. The van der Waals surface area contributed by atoms with Crippen LogP contribution in [0.25, 0.3) is 0 Å². The molecule has 1 aromatic carbocycles. The monoisotopic (exact) mass is 399 g/mol. The summed E-state index contributed by atoms with van der Waals surface area (Å²) in [6.45, 7) is 1.44. The van der Waals surface area contributed by atoms with Crippen LogP contribution < -0.4 is 5.32 Å². The predicted molar refractivity (Wildman–Crippen MR) is 105 cm³/mol. The molecule has 0 atom stereocenters. The van der Waals surface area contributed by atoms with Gasteiger partial charge in [0.15, 0.2) is 15.8 Å². The predicted octanol–water partition coefficient (Wildman–Crippen LogP) is 3.05. The van der Waals surface area contributed by atoms with Gasteiger partial charge in [-0.15, -0.1) is 11.3 Å². The lowest BCUT2D eigenvalue weighted by atomic mass is 10.1. The van der Waals surface area contributed by atoms with Crippen LogP contribution in [-0.4, -0.2) is 46.2 Å². The van der Waals surface area contributed by atoms with Crippen molar-refractivity contribution in [2.45, 2.75) is 17.9 Å². The summed E-state index contributed by atoms with van der Waals surface area (Å²) < 4.78 is 23.7. The van der Waals surface area contributed by atoms with Gasteiger partial charge in [0.2, 0.25) is 0 Å². The molecule has 1 aromatic heterocycles. The zero-order valence-corrected chi connectivity index (χ0v) is 16.9. The van der Waals surface area contributed by atoms with E-state index >= 15 is 0 Å². The van der Waals surface area contributed by atoms with Crippen LogP contribution in [0.15, 0.2) is 46.3 Å². The number of nitrogens with one attached hydrogen (secondary N) is 1. The quantitative estimate of drug-likeness (QED) is 0.599. The molecule has 2 rings (SSSR count). The summed E-state index contributed by atoms with van der Waals surface area (Å²) in [4.78, 5) is 7.84. The van der Waals surface area contributed by atoms with Crippen molar-refractivity contribution in [2.24, 2.45) is 4.99 Å². The Hall–Kier alpha value is -1.57. The van der Waals surface area contributed by atoms with E-state index in [4.69, 9.17) is 11.6 Å². The maximum absolute atomic E-state index is 11.5. The average Bonchev–Trinajstić information content (AvgIpc) is 2.96. The molecule has 0 aliphatic carbocycles. The van der Waals surface area contributed by atoms with Gasteiger partial charge >= 0.3 is 0 Å². The highest BCUT2D eigenvalue weighted by molar-refractivity contribution is 7.90. The molecule has 0 radical (unpaired) electrons. The number of sulfone groups is 1. The van der Waals surface area contributed by atoms with E-state index < -0.39 is 9.84 Å². The highest BCUT2D eigenvalue weighted by Crippen LogP contribution is 2.22. The summed E-state index contributed by atoms with van der Waals surface area (Å²) in [5.74, 6) is 0.803. The summed E-state index contributed by atoms with van der Waals surface area (Å²) in [6.07, 6.45) is 1.99. The molecule has 0 saturated carbocycles. The molecule has 0 unspecified atom stereocenters. The van der Waals surface area contributed by atoms with E-state index in [1.807, 2.05) is 36.2 Å². The van der Waals surface area contributed by atoms with Crippen LogP contribution in [0, 0.1) is 0 Å². The van der Waals surface area contributed by atoms with E-state index in [2.05, 4.69) is 10.3 Å². The highest BCUT2D eigenvalue weighted by Gasteiger charge is 2.09. The van der Waals surface area contributed by atoms with Crippen LogP contribution >= 0.6 is 22.9 Å². The Labute approximate surface area is 158 Å². The average molecular weight is 400 g/mol. The molecule has 0 saturated heterocycles. The van der Waals surface area contributed by atoms with Gasteiger partial charge in [0.1, 0.15) is 0 Å². The third-order valence-electron chi connectivity index (χ3n) is 3.64. The van der Waals surface area contributed by atoms with Crippen molar-refractivity contribution >= 4 is 38.7 Å². The maximum Gasteiger partial charge on any atom is 0.193 e. The lowest BCUT2D eigenvalue weighted by Gasteiger charge is -2.21. The van der Waals surface area contributed by atoms with Crippen LogP contribution in [0.2, 0.25) is 4.34 Å². The number of halogens is 1. The van der Waals surface area contributed by atoms with Crippen molar-refractivity contribution in [1.82, 2.24) is 10.2 Å². The normalized spacial score (nSPS) is 12.2. The van der Waals surface area contributed by atoms with Gasteiger partial charge in [-0.05, 0) is 36.2 Å². The maximum atomic E-state index is 11.5. The number of aliphatic imine (C=N–C) groups is 1. The van der Waals surface area contributed by atoms with Gasteiger partial charge in [-0.2, -0.15) is 0 Å². The van der Waals surface area contributed by atoms with E-state index in [0.717, 1.165) is 28.8 Å². The first-order valence-corrected chi connectivity index (χ1v) is 10.8. The molecule has 2 aromatic rings. The molecule has 0 spiro atoms. The first-order valence-electron chi connectivity index (χ1n) is 7.74. The topological polar surface area (TPSA) is 61.8 Å². The van der Waals surface area contributed by atoms with Gasteiger partial charge < -0.3 is 10.2 Å². The van der Waals surface area contributed by atoms with E-state index in [1.54, 1.807) is 30.5 Å². The van der Waals surface area contributed by atoms with Crippen molar-refractivity contribution in [3.8, 4) is 0 Å². The fraction of sp³-hybridized carbons (Fsp3) is 0.353. The van der Waals surface area contributed by atoms with Crippen molar-refractivity contribution in [2.75, 3.05) is 26.9 Å². The van der Waals surface area contributed by atoms with E-state index in [0.29, 0.717) is 11.4 Å². The second kappa shape index (κ2) is 8.69. The Kier molecular flexibility index (Phi) is 6.87. The molecule has 0 aliphatic heterocycles. The molecule has 5 nitrogen and oxygen atoms in total. The van der Waals surface area contributed by atoms with Crippen molar-refractivity contribution in [3.63, 3.8) is 0 Å². The van der Waals surface area contributed by atoms with E-state index in [1.165, 1.54) is 11.1 Å². The number of rotatable bonds is 6. The van der Waals surface area contributed by atoms with Crippen LogP contribution in [0.1, 0.15) is 10.4 Å². The van der Waals surface area contributed by atoms with Crippen molar-refractivity contribution in [3.05, 3.63) is 51.2 Å². The molecule has 0 aliphatic rings. The molecular weight excluding hydrogens is 378 g/mol. The molecule has 1 N–H and O–H groups in total. The minimum Gasteiger partial charge on any atom is -0.356 e. The van der Waals surface area contributed by atoms with Crippen LogP contribution in [0.5, 0.6) is 0 Å². The van der Waals surface area contributed by atoms with Gasteiger partial charge in [-0.25, -0.2) is 8.42 Å². The van der Waals surface area contributed by atoms with Gasteiger partial charge in [0, 0.05) is 31.8 Å². The summed E-state index contributed by atoms with van der Waals surface area (Å²) in [5, 5.41) is 3.32. The van der Waals surface area contributed by atoms with E-state index in [-0.39, 0.29) is 0 Å². The fourth-order valence-corrected chi connectivity index (χ4v) is 4.12. The minimum absolute atomic E-state index is 0.342. The molecule has 0 bridgehead atoms. The van der Waals surface area contributed by atoms with Gasteiger partial charge in [-0.3, -0.25) is 4.99 Å². The molecule has 136 valence electrons. The number of guanidine groups is 1. The molecule has 0 fully saturated rings. The lowest BCUT2D eigenvalue weighted by Crippen LogP contribution is -2.39. The Morgan fingerprint density at radius 2 is 1.92 bits per heavy atom. The second-order valence-electron chi connectivity index (χ2n) is 5.70. The number of nitrogens with zero attached hydrogens (tertiary/aromatic N) is 2. The molecule has 0 amide bonds. The smallest absolute Gasteiger partial charge is 0.193 e. The number of hydrogen-bond acceptors (Lipinski definition) is 4. The Morgan fingerprint density at radius 3 is 2.44 bits per heavy atom. The molecular formula is C17H22ClN3O2S2. The summed E-state index contributed by atoms with van der Waals surface area (Å²) >= 11 is 7.52. The standard InChI is InChI=1S/C17H22ClN3O2S2/c1-19-17(21(2)12-14-6-9-16(18)24-14)20-11-10-13-4-7-15(8-5-13)25(3,22)23/h4-9H,10-12H2,1-3H3,(H,19,20). The Balaban J connectivity index is 1.86. The number of thiophene rings is 1. The first kappa shape index (κ1) is 19.8. The zero-order chi connectivity index (χ0) is 18.4. The first-order chi connectivity index (χ1) is 11.8. The SMILES string of the molecule is CN=C(NCCc1ccc(S(C)(=O)=O)cc1)N(C)Cc1ccc(Cl)s1. The molecule has 1 heterocycles. The lowest BCUT2D eigenvalue weighted by molar-refractivity contribution is 0.482. The zero-order valence-electron chi connectivity index (χ0n) is 14.5. The van der Waals surface area contributed by atoms with Crippen LogP contribution in [0.3, 0.4) is 0 Å². The summed E-state index contributed by atoms with van der Waals surface area (Å²) in [6, 6.07) is 10.9. The van der Waals surface area contributed by atoms with Crippen molar-refractivity contribution in [1.29, 1.82) is 0 Å². The Morgan fingerprint density at radius 1 is 1.24 bits per heavy atom.